The minimum Gasteiger partial charge on any atom is -0.295 e. The van der Waals surface area contributed by atoms with Crippen molar-refractivity contribution in [3.63, 3.8) is 0 Å². The fourth-order valence-corrected chi connectivity index (χ4v) is 7.21. The Morgan fingerprint density at radius 1 is 1.06 bits per heavy atom. The summed E-state index contributed by atoms with van der Waals surface area (Å²) in [6.07, 6.45) is -0.186. The van der Waals surface area contributed by atoms with Crippen molar-refractivity contribution < 1.29 is 40.6 Å². The molecule has 2 atom stereocenters. The molecule has 11 nitrogen and oxygen atoms in total. The van der Waals surface area contributed by atoms with E-state index < -0.39 is 64.7 Å². The Morgan fingerprint density at radius 3 is 2.36 bits per heavy atom. The fraction of sp³-hybridized carbons (Fsp3) is 0.304. The summed E-state index contributed by atoms with van der Waals surface area (Å²) in [7, 11) is -8.99. The Morgan fingerprint density at radius 2 is 1.75 bits per heavy atom. The SMILES string of the molecule is CCC(c1cc(S(=O)(=O)O)ccc1C)S(=O)(=O)c1cccc2c1C(=O)N(C1CCC(=O)NC1=O)C2=O. The van der Waals surface area contributed by atoms with Crippen LogP contribution in [0.15, 0.2) is 46.2 Å². The molecule has 0 radical (unpaired) electrons. The number of hydrogen-bond acceptors (Lipinski definition) is 8. The van der Waals surface area contributed by atoms with Gasteiger partial charge in [0.25, 0.3) is 21.9 Å². The van der Waals surface area contributed by atoms with E-state index in [4.69, 9.17) is 0 Å². The minimum absolute atomic E-state index is 0.0131. The maximum Gasteiger partial charge on any atom is 0.294 e. The van der Waals surface area contributed by atoms with Crippen LogP contribution in [0.2, 0.25) is 0 Å². The van der Waals surface area contributed by atoms with Gasteiger partial charge in [0, 0.05) is 6.42 Å². The number of amides is 4. The zero-order chi connectivity index (χ0) is 26.6. The van der Waals surface area contributed by atoms with E-state index >= 15 is 0 Å². The molecule has 1 saturated heterocycles. The van der Waals surface area contributed by atoms with Crippen LogP contribution in [-0.4, -0.2) is 56.0 Å². The summed E-state index contributed by atoms with van der Waals surface area (Å²) in [6, 6.07) is 6.09. The highest BCUT2D eigenvalue weighted by Crippen LogP contribution is 2.39. The van der Waals surface area contributed by atoms with Crippen molar-refractivity contribution in [1.29, 1.82) is 0 Å². The van der Waals surface area contributed by atoms with Gasteiger partial charge in [-0.1, -0.05) is 19.1 Å². The number of rotatable bonds is 6. The highest BCUT2D eigenvalue weighted by molar-refractivity contribution is 7.91. The van der Waals surface area contributed by atoms with Crippen LogP contribution in [0.5, 0.6) is 0 Å². The lowest BCUT2D eigenvalue weighted by Gasteiger charge is -2.28. The van der Waals surface area contributed by atoms with Crippen LogP contribution < -0.4 is 5.32 Å². The third-order valence-electron chi connectivity index (χ3n) is 6.38. The van der Waals surface area contributed by atoms with E-state index in [0.29, 0.717) is 10.5 Å². The van der Waals surface area contributed by atoms with E-state index in [1.807, 2.05) is 0 Å². The summed E-state index contributed by atoms with van der Waals surface area (Å²) >= 11 is 0. The molecule has 13 heteroatoms. The van der Waals surface area contributed by atoms with Gasteiger partial charge in [0.1, 0.15) is 6.04 Å². The quantitative estimate of drug-likeness (QED) is 0.412. The maximum atomic E-state index is 13.9. The Labute approximate surface area is 207 Å². The molecule has 0 aromatic heterocycles. The van der Waals surface area contributed by atoms with Gasteiger partial charge in [-0.2, -0.15) is 8.42 Å². The molecule has 0 bridgehead atoms. The molecule has 0 saturated carbocycles. The third-order valence-corrected chi connectivity index (χ3v) is 9.52. The molecule has 2 heterocycles. The van der Waals surface area contributed by atoms with Gasteiger partial charge >= 0.3 is 0 Å². The number of benzene rings is 2. The molecule has 4 amide bonds. The van der Waals surface area contributed by atoms with E-state index in [0.717, 1.165) is 12.1 Å². The predicted molar refractivity (Wildman–Crippen MR) is 124 cm³/mol. The van der Waals surface area contributed by atoms with E-state index in [2.05, 4.69) is 5.32 Å². The smallest absolute Gasteiger partial charge is 0.294 e. The van der Waals surface area contributed by atoms with E-state index in [-0.39, 0.29) is 36.0 Å². The van der Waals surface area contributed by atoms with Crippen molar-refractivity contribution in [3.8, 4) is 0 Å². The Hall–Kier alpha value is -3.42. The molecular weight excluding hydrogens is 512 g/mol. The molecular formula is C23H22N2O9S2. The Kier molecular flexibility index (Phi) is 6.35. The molecule has 2 aromatic rings. The lowest BCUT2D eigenvalue weighted by atomic mass is 10.0. The second kappa shape index (κ2) is 8.91. The number of imide groups is 2. The lowest BCUT2D eigenvalue weighted by molar-refractivity contribution is -0.136. The van der Waals surface area contributed by atoms with Crippen LogP contribution in [0, 0.1) is 6.92 Å². The van der Waals surface area contributed by atoms with Crippen LogP contribution in [0.4, 0.5) is 0 Å². The first-order valence-corrected chi connectivity index (χ1v) is 13.9. The topological polar surface area (TPSA) is 172 Å². The largest absolute Gasteiger partial charge is 0.295 e. The summed E-state index contributed by atoms with van der Waals surface area (Å²) in [6.45, 7) is 3.14. The maximum absolute atomic E-state index is 13.9. The van der Waals surface area contributed by atoms with Crippen molar-refractivity contribution in [2.45, 2.75) is 54.2 Å². The van der Waals surface area contributed by atoms with Crippen LogP contribution in [-0.2, 0) is 29.5 Å². The van der Waals surface area contributed by atoms with Gasteiger partial charge in [0.05, 0.1) is 26.2 Å². The highest BCUT2D eigenvalue weighted by Gasteiger charge is 2.47. The zero-order valence-electron chi connectivity index (χ0n) is 19.2. The van der Waals surface area contributed by atoms with Crippen LogP contribution in [0.1, 0.15) is 63.3 Å². The highest BCUT2D eigenvalue weighted by atomic mass is 32.2. The van der Waals surface area contributed by atoms with Gasteiger partial charge < -0.3 is 0 Å². The summed E-state index contributed by atoms with van der Waals surface area (Å²) in [4.78, 5) is 50.1. The van der Waals surface area contributed by atoms with Gasteiger partial charge in [-0.3, -0.25) is 33.9 Å². The molecule has 2 aromatic carbocycles. The Balaban J connectivity index is 1.83. The molecule has 4 rings (SSSR count). The average Bonchev–Trinajstić information content (AvgIpc) is 3.05. The number of piperidine rings is 1. The Bertz CT molecular complexity index is 1550. The number of carbonyl (C=O) groups excluding carboxylic acids is 4. The molecule has 190 valence electrons. The summed E-state index contributed by atoms with van der Waals surface area (Å²) in [5.74, 6) is -3.18. The summed E-state index contributed by atoms with van der Waals surface area (Å²) in [5.41, 5.74) is -0.0136. The molecule has 2 N–H and O–H groups in total. The number of fused-ring (bicyclic) bond motifs is 1. The first-order valence-electron chi connectivity index (χ1n) is 11.0. The third kappa shape index (κ3) is 4.12. The molecule has 2 aliphatic rings. The number of aryl methyl sites for hydroxylation is 1. The number of hydrogen-bond donors (Lipinski definition) is 2. The number of sulfone groups is 1. The van der Waals surface area contributed by atoms with Crippen molar-refractivity contribution >= 4 is 43.6 Å². The van der Waals surface area contributed by atoms with Gasteiger partial charge in [-0.05, 0) is 55.2 Å². The summed E-state index contributed by atoms with van der Waals surface area (Å²) < 4.78 is 60.5. The monoisotopic (exact) mass is 534 g/mol. The van der Waals surface area contributed by atoms with Crippen LogP contribution in [0.3, 0.4) is 0 Å². The zero-order valence-corrected chi connectivity index (χ0v) is 20.9. The van der Waals surface area contributed by atoms with Crippen LogP contribution in [0.25, 0.3) is 0 Å². The number of nitrogens with zero attached hydrogens (tertiary/aromatic N) is 1. The van der Waals surface area contributed by atoms with E-state index in [1.54, 1.807) is 13.8 Å². The predicted octanol–water partition coefficient (Wildman–Crippen LogP) is 1.57. The molecule has 1 fully saturated rings. The summed E-state index contributed by atoms with van der Waals surface area (Å²) in [5, 5.41) is 0.773. The second-order valence-electron chi connectivity index (χ2n) is 8.56. The van der Waals surface area contributed by atoms with Gasteiger partial charge in [-0.15, -0.1) is 0 Å². The molecule has 0 aliphatic carbocycles. The van der Waals surface area contributed by atoms with Crippen molar-refractivity contribution in [2.24, 2.45) is 0 Å². The van der Waals surface area contributed by atoms with Crippen molar-refractivity contribution in [1.82, 2.24) is 10.2 Å². The molecule has 2 unspecified atom stereocenters. The molecule has 36 heavy (non-hydrogen) atoms. The van der Waals surface area contributed by atoms with E-state index in [9.17, 15) is 40.6 Å². The van der Waals surface area contributed by atoms with Crippen LogP contribution >= 0.6 is 0 Å². The fourth-order valence-electron chi connectivity index (χ4n) is 4.61. The first kappa shape index (κ1) is 25.7. The van der Waals surface area contributed by atoms with Gasteiger partial charge in [0.2, 0.25) is 11.8 Å². The first-order chi connectivity index (χ1) is 16.8. The normalized spacial score (nSPS) is 19.3. The van der Waals surface area contributed by atoms with Crippen molar-refractivity contribution in [3.05, 3.63) is 58.7 Å². The lowest BCUT2D eigenvalue weighted by Crippen LogP contribution is -2.54. The molecule has 0 spiro atoms. The second-order valence-corrected chi connectivity index (χ2v) is 12.1. The molecule has 2 aliphatic heterocycles. The van der Waals surface area contributed by atoms with Gasteiger partial charge in [0.15, 0.2) is 9.84 Å². The minimum atomic E-state index is -4.61. The average molecular weight is 535 g/mol. The standard InChI is InChI=1S/C23H22N2O9S2/c1-3-17(15-11-13(36(32,33)34)8-7-12(15)2)35(30,31)18-6-4-5-14-20(18)23(29)25(22(14)28)16-9-10-19(26)24-21(16)27/h4-8,11,16-17H,3,9-10H2,1-2H3,(H,24,26,27)(H,32,33,34). The number of carbonyl (C=O) groups is 4. The number of nitrogens with one attached hydrogen (secondary N) is 1. The van der Waals surface area contributed by atoms with Crippen molar-refractivity contribution in [2.75, 3.05) is 0 Å². The van der Waals surface area contributed by atoms with Gasteiger partial charge in [-0.25, -0.2) is 8.42 Å². The van der Waals surface area contributed by atoms with E-state index in [1.165, 1.54) is 24.3 Å².